The summed E-state index contributed by atoms with van der Waals surface area (Å²) in [5.41, 5.74) is 2.50. The molecule has 0 atom stereocenters. The fraction of sp³-hybridized carbons (Fsp3) is 0.389. The van der Waals surface area contributed by atoms with Gasteiger partial charge in [-0.3, -0.25) is 0 Å². The Morgan fingerprint density at radius 1 is 1.14 bits per heavy atom. The summed E-state index contributed by atoms with van der Waals surface area (Å²) in [5, 5.41) is 0. The molecule has 0 aliphatic carbocycles. The van der Waals surface area contributed by atoms with Gasteiger partial charge in [-0.2, -0.15) is 0 Å². The maximum absolute atomic E-state index is 3.78. The van der Waals surface area contributed by atoms with Gasteiger partial charge >= 0.3 is 0 Å². The first-order chi connectivity index (χ1) is 9.81. The molecule has 0 bridgehead atoms. The van der Waals surface area contributed by atoms with Gasteiger partial charge in [0.05, 0.1) is 6.54 Å². The number of aryl methyl sites for hydroxylation is 1. The molecule has 21 heavy (non-hydrogen) atoms. The van der Waals surface area contributed by atoms with Gasteiger partial charge < -0.3 is 12.4 Å². The quantitative estimate of drug-likeness (QED) is 0.509. The Bertz CT molecular complexity index is 528. The van der Waals surface area contributed by atoms with Crippen LogP contribution in [-0.4, -0.2) is 4.57 Å². The molecule has 0 aliphatic rings. The number of benzene rings is 1. The van der Waals surface area contributed by atoms with Crippen molar-refractivity contribution in [1.82, 2.24) is 4.57 Å². The van der Waals surface area contributed by atoms with E-state index < -0.39 is 0 Å². The third-order valence-electron chi connectivity index (χ3n) is 3.60. The normalized spacial score (nSPS) is 10.1. The standard InChI is InChI=1S/C18H25N2.ClH/c1-3-5-6-7-12-19-13-14-20(16-19)15-18-10-8-17(4-2)9-11-18;/h4,8-11,13-14,16H,2-3,5-7,12,15H2,1H3;1H/q+1;/p-1. The molecule has 0 aliphatic heterocycles. The molecule has 0 amide bonds. The number of halogens is 1. The lowest BCUT2D eigenvalue weighted by atomic mass is 10.1. The molecule has 0 saturated carbocycles. The van der Waals surface area contributed by atoms with Crippen LogP contribution in [0.5, 0.6) is 0 Å². The van der Waals surface area contributed by atoms with Gasteiger partial charge in [-0.15, -0.1) is 0 Å². The van der Waals surface area contributed by atoms with Gasteiger partial charge in [-0.1, -0.05) is 56.7 Å². The zero-order valence-electron chi connectivity index (χ0n) is 12.8. The number of rotatable bonds is 8. The highest BCUT2D eigenvalue weighted by molar-refractivity contribution is 5.47. The van der Waals surface area contributed by atoms with Gasteiger partial charge in [0, 0.05) is 0 Å². The SMILES string of the molecule is C=Cc1ccc(C[n+]2ccn(CCCCCC)c2)cc1.[Cl-]. The van der Waals surface area contributed by atoms with E-state index in [1.54, 1.807) is 0 Å². The lowest BCUT2D eigenvalue weighted by Gasteiger charge is -1.99. The summed E-state index contributed by atoms with van der Waals surface area (Å²) in [6.45, 7) is 8.09. The molecule has 0 fully saturated rings. The molecular weight excluding hydrogens is 280 g/mol. The van der Waals surface area contributed by atoms with E-state index in [1.165, 1.54) is 36.8 Å². The minimum absolute atomic E-state index is 0. The van der Waals surface area contributed by atoms with Crippen molar-refractivity contribution in [2.75, 3.05) is 0 Å². The second-order valence-corrected chi connectivity index (χ2v) is 5.33. The van der Waals surface area contributed by atoms with Crippen molar-refractivity contribution in [3.05, 3.63) is 60.7 Å². The van der Waals surface area contributed by atoms with Crippen molar-refractivity contribution in [1.29, 1.82) is 0 Å². The van der Waals surface area contributed by atoms with Crippen molar-refractivity contribution >= 4 is 6.08 Å². The fourth-order valence-corrected chi connectivity index (χ4v) is 2.36. The summed E-state index contributed by atoms with van der Waals surface area (Å²) < 4.78 is 4.52. The maximum Gasteiger partial charge on any atom is 0.244 e. The molecule has 2 aromatic rings. The van der Waals surface area contributed by atoms with Crippen LogP contribution >= 0.6 is 0 Å². The van der Waals surface area contributed by atoms with E-state index in [0.29, 0.717) is 0 Å². The van der Waals surface area contributed by atoms with E-state index in [9.17, 15) is 0 Å². The van der Waals surface area contributed by atoms with E-state index in [1.807, 2.05) is 6.08 Å². The Kier molecular flexibility index (Phi) is 7.84. The molecule has 114 valence electrons. The van der Waals surface area contributed by atoms with Gasteiger partial charge in [0.2, 0.25) is 6.33 Å². The number of nitrogens with zero attached hydrogens (tertiary/aromatic N) is 2. The summed E-state index contributed by atoms with van der Waals surface area (Å²) in [5.74, 6) is 0. The predicted molar refractivity (Wildman–Crippen MR) is 84.4 cm³/mol. The smallest absolute Gasteiger partial charge is 0.244 e. The van der Waals surface area contributed by atoms with Gasteiger partial charge in [-0.25, -0.2) is 9.13 Å². The summed E-state index contributed by atoms with van der Waals surface area (Å²) >= 11 is 0. The Balaban J connectivity index is 0.00000220. The molecule has 2 nitrogen and oxygen atoms in total. The van der Waals surface area contributed by atoms with Crippen LogP contribution in [0.15, 0.2) is 49.6 Å². The lowest BCUT2D eigenvalue weighted by Crippen LogP contribution is -3.00. The molecular formula is C18H25ClN2. The fourth-order valence-electron chi connectivity index (χ4n) is 2.36. The third-order valence-corrected chi connectivity index (χ3v) is 3.60. The molecule has 1 aromatic carbocycles. The first-order valence-electron chi connectivity index (χ1n) is 7.58. The van der Waals surface area contributed by atoms with Crippen LogP contribution in [0.4, 0.5) is 0 Å². The van der Waals surface area contributed by atoms with Gasteiger partial charge in [-0.05, 0) is 24.0 Å². The highest BCUT2D eigenvalue weighted by Gasteiger charge is 2.04. The average molecular weight is 305 g/mol. The van der Waals surface area contributed by atoms with Crippen LogP contribution in [0.3, 0.4) is 0 Å². The Morgan fingerprint density at radius 2 is 1.90 bits per heavy atom. The second kappa shape index (κ2) is 9.41. The maximum atomic E-state index is 3.78. The van der Waals surface area contributed by atoms with E-state index >= 15 is 0 Å². The van der Waals surface area contributed by atoms with Crippen molar-refractivity contribution in [3.8, 4) is 0 Å². The van der Waals surface area contributed by atoms with Crippen LogP contribution in [0, 0.1) is 0 Å². The van der Waals surface area contributed by atoms with Crippen LogP contribution in [0.1, 0.15) is 43.7 Å². The minimum atomic E-state index is 0. The molecule has 1 heterocycles. The number of hydrogen-bond donors (Lipinski definition) is 0. The molecule has 0 saturated heterocycles. The van der Waals surface area contributed by atoms with Crippen molar-refractivity contribution in [2.24, 2.45) is 0 Å². The van der Waals surface area contributed by atoms with E-state index in [4.69, 9.17) is 0 Å². The summed E-state index contributed by atoms with van der Waals surface area (Å²) in [7, 11) is 0. The molecule has 0 spiro atoms. The largest absolute Gasteiger partial charge is 1.00 e. The molecule has 3 heteroatoms. The van der Waals surface area contributed by atoms with Crippen LogP contribution < -0.4 is 17.0 Å². The first-order valence-corrected chi connectivity index (χ1v) is 7.58. The van der Waals surface area contributed by atoms with Crippen LogP contribution in [0.25, 0.3) is 6.08 Å². The monoisotopic (exact) mass is 304 g/mol. The van der Waals surface area contributed by atoms with Gasteiger partial charge in [0.15, 0.2) is 0 Å². The van der Waals surface area contributed by atoms with Crippen molar-refractivity contribution in [3.63, 3.8) is 0 Å². The molecule has 2 rings (SSSR count). The average Bonchev–Trinajstić information content (AvgIpc) is 2.92. The molecule has 0 unspecified atom stereocenters. The minimum Gasteiger partial charge on any atom is -1.00 e. The number of unbranched alkanes of at least 4 members (excludes halogenated alkanes) is 3. The van der Waals surface area contributed by atoms with E-state index in [0.717, 1.165) is 13.1 Å². The zero-order valence-corrected chi connectivity index (χ0v) is 13.6. The third kappa shape index (κ3) is 5.76. The number of aromatic nitrogens is 2. The van der Waals surface area contributed by atoms with Crippen molar-refractivity contribution in [2.45, 2.75) is 45.7 Å². The lowest BCUT2D eigenvalue weighted by molar-refractivity contribution is -0.687. The molecule has 0 N–H and O–H groups in total. The highest BCUT2D eigenvalue weighted by Crippen LogP contribution is 2.05. The van der Waals surface area contributed by atoms with Crippen LogP contribution in [-0.2, 0) is 13.1 Å². The Morgan fingerprint density at radius 3 is 2.57 bits per heavy atom. The second-order valence-electron chi connectivity index (χ2n) is 5.33. The first kappa shape index (κ1) is 17.5. The zero-order chi connectivity index (χ0) is 14.2. The number of hydrogen-bond acceptors (Lipinski definition) is 0. The predicted octanol–water partition coefficient (Wildman–Crippen LogP) is 1.05. The van der Waals surface area contributed by atoms with Gasteiger partial charge in [0.1, 0.15) is 18.9 Å². The Hall–Kier alpha value is -1.54. The molecule has 0 radical (unpaired) electrons. The molecule has 1 aromatic heterocycles. The Labute approximate surface area is 134 Å². The van der Waals surface area contributed by atoms with Gasteiger partial charge in [0.25, 0.3) is 0 Å². The number of imidazole rings is 1. The van der Waals surface area contributed by atoms with E-state index in [-0.39, 0.29) is 12.4 Å². The van der Waals surface area contributed by atoms with E-state index in [2.05, 4.69) is 65.6 Å². The summed E-state index contributed by atoms with van der Waals surface area (Å²) in [6.07, 6.45) is 13.7. The summed E-state index contributed by atoms with van der Waals surface area (Å²) in [6, 6.07) is 8.57. The summed E-state index contributed by atoms with van der Waals surface area (Å²) in [4.78, 5) is 0. The van der Waals surface area contributed by atoms with Crippen LogP contribution in [0.2, 0.25) is 0 Å². The highest BCUT2D eigenvalue weighted by atomic mass is 35.5. The topological polar surface area (TPSA) is 8.81 Å². The van der Waals surface area contributed by atoms with Crippen molar-refractivity contribution < 1.29 is 17.0 Å².